The van der Waals surface area contributed by atoms with Crippen molar-refractivity contribution < 1.29 is 19.2 Å². The zero-order valence-corrected chi connectivity index (χ0v) is 12.0. The first-order valence-corrected chi connectivity index (χ1v) is 6.69. The molecule has 0 bridgehead atoms. The van der Waals surface area contributed by atoms with Crippen molar-refractivity contribution in [1.82, 2.24) is 5.32 Å². The second kappa shape index (κ2) is 8.91. The van der Waals surface area contributed by atoms with Crippen molar-refractivity contribution in [2.24, 2.45) is 0 Å². The van der Waals surface area contributed by atoms with Crippen LogP contribution in [0.5, 0.6) is 0 Å². The van der Waals surface area contributed by atoms with Crippen molar-refractivity contribution in [1.29, 1.82) is 0 Å². The molecule has 21 heavy (non-hydrogen) atoms. The van der Waals surface area contributed by atoms with Gasteiger partial charge in [0.15, 0.2) is 0 Å². The Morgan fingerprint density at radius 3 is 2.48 bits per heavy atom. The molecule has 0 saturated carbocycles. The van der Waals surface area contributed by atoms with Crippen LogP contribution in [0.3, 0.4) is 0 Å². The fourth-order valence-electron chi connectivity index (χ4n) is 1.49. The van der Waals surface area contributed by atoms with Gasteiger partial charge in [0, 0.05) is 25.1 Å². The molecule has 0 spiro atoms. The highest BCUT2D eigenvalue weighted by Gasteiger charge is 2.06. The minimum atomic E-state index is -0.578. The molecule has 0 unspecified atom stereocenters. The number of benzene rings is 1. The smallest absolute Gasteiger partial charge is 0.407 e. The number of nitro groups is 1. The quantitative estimate of drug-likeness (QED) is 0.344. The largest absolute Gasteiger partial charge is 0.445 e. The molecule has 0 aromatic heterocycles. The normalized spacial score (nSPS) is 9.95. The van der Waals surface area contributed by atoms with Gasteiger partial charge in [-0.1, -0.05) is 0 Å². The van der Waals surface area contributed by atoms with Crippen LogP contribution in [0.25, 0.3) is 0 Å². The summed E-state index contributed by atoms with van der Waals surface area (Å²) in [6.07, 6.45) is 0.933. The number of rotatable bonds is 8. The third-order valence-corrected chi connectivity index (χ3v) is 2.78. The van der Waals surface area contributed by atoms with E-state index in [-0.39, 0.29) is 18.7 Å². The number of nitro benzene ring substituents is 1. The van der Waals surface area contributed by atoms with Crippen LogP contribution in [0.15, 0.2) is 24.3 Å². The molecule has 0 aliphatic carbocycles. The van der Waals surface area contributed by atoms with Crippen LogP contribution in [-0.2, 0) is 16.1 Å². The summed E-state index contributed by atoms with van der Waals surface area (Å²) in [5.41, 5.74) is 0.639. The highest BCUT2D eigenvalue weighted by molar-refractivity contribution is 6.63. The first-order valence-electron chi connectivity index (χ1n) is 6.31. The number of carbonyl (C=O) groups is 2. The maximum atomic E-state index is 11.4. The molecular formula is C13H15ClN2O5. The number of nitrogens with zero attached hydrogens (tertiary/aromatic N) is 1. The summed E-state index contributed by atoms with van der Waals surface area (Å²) >= 11 is 5.17. The van der Waals surface area contributed by atoms with Gasteiger partial charge in [-0.3, -0.25) is 14.9 Å². The van der Waals surface area contributed by atoms with Crippen molar-refractivity contribution >= 4 is 28.6 Å². The van der Waals surface area contributed by atoms with Gasteiger partial charge in [0.05, 0.1) is 4.92 Å². The molecular weight excluding hydrogens is 300 g/mol. The standard InChI is InChI=1S/C13H15ClN2O5/c14-12(17)3-1-2-8-15-13(18)21-9-10-4-6-11(7-5-10)16(19)20/h4-7H,1-3,8-9H2,(H,15,18). The van der Waals surface area contributed by atoms with Crippen molar-refractivity contribution in [3.8, 4) is 0 Å². The number of amides is 1. The third kappa shape index (κ3) is 7.26. The van der Waals surface area contributed by atoms with E-state index >= 15 is 0 Å². The third-order valence-electron chi connectivity index (χ3n) is 2.59. The second-order valence-corrected chi connectivity index (χ2v) is 4.66. The predicted octanol–water partition coefficient (Wildman–Crippen LogP) is 2.76. The van der Waals surface area contributed by atoms with Gasteiger partial charge in [0.25, 0.3) is 5.69 Å². The monoisotopic (exact) mass is 314 g/mol. The molecule has 1 amide bonds. The van der Waals surface area contributed by atoms with E-state index in [9.17, 15) is 19.7 Å². The van der Waals surface area contributed by atoms with Crippen LogP contribution in [0, 0.1) is 10.1 Å². The average Bonchev–Trinajstić information content (AvgIpc) is 2.44. The van der Waals surface area contributed by atoms with Gasteiger partial charge >= 0.3 is 6.09 Å². The highest BCUT2D eigenvalue weighted by atomic mass is 35.5. The summed E-state index contributed by atoms with van der Waals surface area (Å²) in [5, 5.41) is 12.6. The Morgan fingerprint density at radius 1 is 1.24 bits per heavy atom. The van der Waals surface area contributed by atoms with Crippen LogP contribution in [0.1, 0.15) is 24.8 Å². The maximum absolute atomic E-state index is 11.4. The molecule has 7 nitrogen and oxygen atoms in total. The molecule has 0 aliphatic rings. The van der Waals surface area contributed by atoms with Crippen molar-refractivity contribution in [3.63, 3.8) is 0 Å². The lowest BCUT2D eigenvalue weighted by molar-refractivity contribution is -0.384. The minimum Gasteiger partial charge on any atom is -0.445 e. The number of hydrogen-bond donors (Lipinski definition) is 1. The highest BCUT2D eigenvalue weighted by Crippen LogP contribution is 2.12. The van der Waals surface area contributed by atoms with Gasteiger partial charge in [-0.25, -0.2) is 4.79 Å². The summed E-state index contributed by atoms with van der Waals surface area (Å²) < 4.78 is 4.94. The van der Waals surface area contributed by atoms with E-state index in [0.29, 0.717) is 24.9 Å². The van der Waals surface area contributed by atoms with Crippen LogP contribution in [0.2, 0.25) is 0 Å². The second-order valence-electron chi connectivity index (χ2n) is 4.24. The van der Waals surface area contributed by atoms with Gasteiger partial charge in [-0.2, -0.15) is 0 Å². The Bertz CT molecular complexity index is 504. The lowest BCUT2D eigenvalue weighted by atomic mass is 10.2. The number of nitrogens with one attached hydrogen (secondary N) is 1. The Labute approximate surface area is 126 Å². The van der Waals surface area contributed by atoms with Crippen molar-refractivity contribution in [2.45, 2.75) is 25.9 Å². The Kier molecular flexibility index (Phi) is 7.17. The first kappa shape index (κ1) is 16.9. The van der Waals surface area contributed by atoms with Crippen LogP contribution < -0.4 is 5.32 Å². The van der Waals surface area contributed by atoms with E-state index < -0.39 is 16.3 Å². The lowest BCUT2D eigenvalue weighted by Crippen LogP contribution is -2.25. The number of unbranched alkanes of at least 4 members (excludes halogenated alkanes) is 1. The summed E-state index contributed by atoms with van der Waals surface area (Å²) in [6, 6.07) is 5.74. The van der Waals surface area contributed by atoms with E-state index in [1.807, 2.05) is 0 Å². The molecule has 0 heterocycles. The van der Waals surface area contributed by atoms with E-state index in [0.717, 1.165) is 0 Å². The summed E-state index contributed by atoms with van der Waals surface area (Å²) in [7, 11) is 0. The zero-order valence-electron chi connectivity index (χ0n) is 11.2. The fourth-order valence-corrected chi connectivity index (χ4v) is 1.63. The van der Waals surface area contributed by atoms with Crippen LogP contribution >= 0.6 is 11.6 Å². The molecule has 1 rings (SSSR count). The molecule has 0 atom stereocenters. The van der Waals surface area contributed by atoms with Gasteiger partial charge in [0.1, 0.15) is 6.61 Å². The van der Waals surface area contributed by atoms with E-state index in [4.69, 9.17) is 16.3 Å². The summed E-state index contributed by atoms with van der Waals surface area (Å²) in [6.45, 7) is 0.424. The molecule has 0 radical (unpaired) electrons. The van der Waals surface area contributed by atoms with E-state index in [2.05, 4.69) is 5.32 Å². The molecule has 1 N–H and O–H groups in total. The van der Waals surface area contributed by atoms with Gasteiger partial charge in [0.2, 0.25) is 5.24 Å². The molecule has 0 saturated heterocycles. The van der Waals surface area contributed by atoms with Gasteiger partial charge in [-0.15, -0.1) is 0 Å². The van der Waals surface area contributed by atoms with Crippen molar-refractivity contribution in [2.75, 3.05) is 6.54 Å². The number of non-ortho nitro benzene ring substituents is 1. The van der Waals surface area contributed by atoms with Gasteiger partial charge in [-0.05, 0) is 42.1 Å². The topological polar surface area (TPSA) is 98.5 Å². The van der Waals surface area contributed by atoms with Crippen molar-refractivity contribution in [3.05, 3.63) is 39.9 Å². The van der Waals surface area contributed by atoms with E-state index in [1.165, 1.54) is 24.3 Å². The van der Waals surface area contributed by atoms with E-state index in [1.54, 1.807) is 0 Å². The molecule has 1 aromatic carbocycles. The van der Waals surface area contributed by atoms with Gasteiger partial charge < -0.3 is 10.1 Å². The molecule has 0 fully saturated rings. The molecule has 1 aromatic rings. The number of alkyl carbamates (subject to hydrolysis) is 1. The maximum Gasteiger partial charge on any atom is 0.407 e. The summed E-state index contributed by atoms with van der Waals surface area (Å²) in [5.74, 6) is 0. The zero-order chi connectivity index (χ0) is 15.7. The average molecular weight is 315 g/mol. The number of carbonyl (C=O) groups excluding carboxylic acids is 2. The van der Waals surface area contributed by atoms with Crippen LogP contribution in [0.4, 0.5) is 10.5 Å². The fraction of sp³-hybridized carbons (Fsp3) is 0.385. The Balaban J connectivity index is 2.20. The predicted molar refractivity (Wildman–Crippen MR) is 76.0 cm³/mol. The molecule has 0 aliphatic heterocycles. The number of ether oxygens (including phenoxy) is 1. The Morgan fingerprint density at radius 2 is 1.90 bits per heavy atom. The number of halogens is 1. The minimum absolute atomic E-state index is 0.0166. The first-order chi connectivity index (χ1) is 9.99. The Hall–Kier alpha value is -2.15. The van der Waals surface area contributed by atoms with Crippen LogP contribution in [-0.4, -0.2) is 22.8 Å². The molecule has 114 valence electrons. The SMILES string of the molecule is O=C(Cl)CCCCNC(=O)OCc1ccc([N+](=O)[O-])cc1. The summed E-state index contributed by atoms with van der Waals surface area (Å²) in [4.78, 5) is 31.8. The number of hydrogen-bond acceptors (Lipinski definition) is 5. The molecule has 8 heteroatoms. The lowest BCUT2D eigenvalue weighted by Gasteiger charge is -2.06.